The minimum atomic E-state index is -3.71. The van der Waals surface area contributed by atoms with Crippen LogP contribution in [0.4, 0.5) is 4.39 Å². The molecule has 8 nitrogen and oxygen atoms in total. The number of carbonyl (C=O) groups excluding carboxylic acids is 1. The molecule has 1 saturated heterocycles. The minimum Gasteiger partial charge on any atom is -0.496 e. The average Bonchev–Trinajstić information content (AvgIpc) is 3.42. The van der Waals surface area contributed by atoms with E-state index in [-0.39, 0.29) is 43.1 Å². The molecule has 2 fully saturated rings. The number of rotatable bonds is 10. The first-order chi connectivity index (χ1) is 19.4. The Kier molecular flexibility index (Phi) is 10.1. The van der Waals surface area contributed by atoms with Gasteiger partial charge in [0.25, 0.3) is 0 Å². The van der Waals surface area contributed by atoms with Gasteiger partial charge in [-0.15, -0.1) is 0 Å². The Hall–Kier alpha value is -2.53. The van der Waals surface area contributed by atoms with Crippen LogP contribution in [0.1, 0.15) is 60.4 Å². The van der Waals surface area contributed by atoms with Gasteiger partial charge in [-0.2, -0.15) is 4.31 Å². The van der Waals surface area contributed by atoms with Gasteiger partial charge in [0.2, 0.25) is 15.9 Å². The molecule has 2 aromatic carbocycles. The smallest absolute Gasteiger partial charge is 0.246 e. The van der Waals surface area contributed by atoms with Crippen LogP contribution in [0, 0.1) is 32.5 Å². The number of hydrogen-bond acceptors (Lipinski definition) is 6. The first kappa shape index (κ1) is 31.4. The van der Waals surface area contributed by atoms with Crippen molar-refractivity contribution in [2.24, 2.45) is 5.92 Å². The molecule has 0 radical (unpaired) electrons. The van der Waals surface area contributed by atoms with E-state index in [1.54, 1.807) is 20.1 Å². The molecule has 2 aliphatic rings. The number of amides is 1. The van der Waals surface area contributed by atoms with Gasteiger partial charge >= 0.3 is 0 Å². The van der Waals surface area contributed by atoms with Gasteiger partial charge in [-0.25, -0.2) is 12.8 Å². The fourth-order valence-corrected chi connectivity index (χ4v) is 8.48. The van der Waals surface area contributed by atoms with Crippen LogP contribution in [-0.2, 0) is 19.6 Å². The average molecular weight is 590 g/mol. The summed E-state index contributed by atoms with van der Waals surface area (Å²) in [7, 11) is 1.97. The molecule has 0 aromatic heterocycles. The Morgan fingerprint density at radius 2 is 1.73 bits per heavy atom. The molecule has 2 unspecified atom stereocenters. The largest absolute Gasteiger partial charge is 0.496 e. The molecule has 0 spiro atoms. The third-order valence-corrected chi connectivity index (χ3v) is 10.9. The fourth-order valence-electron chi connectivity index (χ4n) is 6.51. The van der Waals surface area contributed by atoms with Crippen molar-refractivity contribution in [3.05, 3.63) is 58.4 Å². The van der Waals surface area contributed by atoms with Crippen LogP contribution >= 0.6 is 0 Å². The van der Waals surface area contributed by atoms with Crippen molar-refractivity contribution >= 4 is 15.9 Å². The van der Waals surface area contributed by atoms with Crippen LogP contribution in [0.2, 0.25) is 0 Å². The summed E-state index contributed by atoms with van der Waals surface area (Å²) in [6.07, 6.45) is 3.88. The topological polar surface area (TPSA) is 88.2 Å². The lowest BCUT2D eigenvalue weighted by molar-refractivity contribution is -0.128. The molecule has 1 N–H and O–H groups in total. The lowest BCUT2D eigenvalue weighted by Crippen LogP contribution is -2.42. The summed E-state index contributed by atoms with van der Waals surface area (Å²) in [4.78, 5) is 15.2. The van der Waals surface area contributed by atoms with Crippen molar-refractivity contribution in [2.45, 2.75) is 76.0 Å². The SMILES string of the molecule is COc1cc(C)c(S(=O)(=O)N2CCC(OCC(=O)NC3CCC(C(c4ccc(F)cc4)N(C)C)CC3)C2)c(C)c1C. The third kappa shape index (κ3) is 7.10. The number of nitrogens with one attached hydrogen (secondary N) is 1. The molecule has 4 rings (SSSR count). The predicted octanol–water partition coefficient (Wildman–Crippen LogP) is 4.52. The number of ether oxygens (including phenoxy) is 2. The highest BCUT2D eigenvalue weighted by Gasteiger charge is 2.36. The van der Waals surface area contributed by atoms with Crippen molar-refractivity contribution in [3.63, 3.8) is 0 Å². The number of hydrogen-bond donors (Lipinski definition) is 1. The first-order valence-electron chi connectivity index (χ1n) is 14.4. The van der Waals surface area contributed by atoms with E-state index in [2.05, 4.69) is 24.3 Å². The fraction of sp³-hybridized carbons (Fsp3) is 0.581. The summed E-state index contributed by atoms with van der Waals surface area (Å²) in [5.74, 6) is 0.693. The maximum atomic E-state index is 13.5. The third-order valence-electron chi connectivity index (χ3n) is 8.71. The number of sulfonamides is 1. The lowest BCUT2D eigenvalue weighted by Gasteiger charge is -2.37. The zero-order valence-corrected chi connectivity index (χ0v) is 25.9. The molecular formula is C31H44FN3O5S. The molecule has 0 bridgehead atoms. The summed E-state index contributed by atoms with van der Waals surface area (Å²) in [6.45, 7) is 5.94. The minimum absolute atomic E-state index is 0.0862. The van der Waals surface area contributed by atoms with Crippen LogP contribution in [0.5, 0.6) is 5.75 Å². The summed E-state index contributed by atoms with van der Waals surface area (Å²) < 4.78 is 53.2. The van der Waals surface area contributed by atoms with Gasteiger partial charge in [0.1, 0.15) is 18.2 Å². The van der Waals surface area contributed by atoms with E-state index in [4.69, 9.17) is 9.47 Å². The van der Waals surface area contributed by atoms with Gasteiger partial charge in [-0.1, -0.05) is 12.1 Å². The van der Waals surface area contributed by atoms with Gasteiger partial charge < -0.3 is 19.7 Å². The van der Waals surface area contributed by atoms with E-state index in [1.807, 2.05) is 26.0 Å². The highest BCUT2D eigenvalue weighted by atomic mass is 32.2. The highest BCUT2D eigenvalue weighted by molar-refractivity contribution is 7.89. The van der Waals surface area contributed by atoms with Crippen molar-refractivity contribution < 1.29 is 27.1 Å². The van der Waals surface area contributed by atoms with E-state index >= 15 is 0 Å². The van der Waals surface area contributed by atoms with Gasteiger partial charge in [0.05, 0.1) is 18.1 Å². The zero-order valence-electron chi connectivity index (χ0n) is 25.1. The molecule has 226 valence electrons. The van der Waals surface area contributed by atoms with Gasteiger partial charge in [0.15, 0.2) is 0 Å². The van der Waals surface area contributed by atoms with E-state index in [0.29, 0.717) is 40.7 Å². The van der Waals surface area contributed by atoms with E-state index < -0.39 is 10.0 Å². The maximum Gasteiger partial charge on any atom is 0.246 e. The van der Waals surface area contributed by atoms with E-state index in [1.165, 1.54) is 16.4 Å². The quantitative estimate of drug-likeness (QED) is 0.439. The molecule has 41 heavy (non-hydrogen) atoms. The number of carbonyl (C=O) groups is 1. The second kappa shape index (κ2) is 13.2. The predicted molar refractivity (Wildman–Crippen MR) is 157 cm³/mol. The van der Waals surface area contributed by atoms with Crippen LogP contribution < -0.4 is 10.1 Å². The molecule has 1 aliphatic heterocycles. The normalized spacial score (nSPS) is 22.6. The first-order valence-corrected chi connectivity index (χ1v) is 15.8. The summed E-state index contributed by atoms with van der Waals surface area (Å²) in [5, 5.41) is 3.11. The highest BCUT2D eigenvalue weighted by Crippen LogP contribution is 2.38. The lowest BCUT2D eigenvalue weighted by atomic mass is 9.78. The number of benzene rings is 2. The Morgan fingerprint density at radius 1 is 1.07 bits per heavy atom. The zero-order chi connectivity index (χ0) is 29.9. The van der Waals surface area contributed by atoms with Crippen LogP contribution in [-0.4, -0.2) is 76.6 Å². The van der Waals surface area contributed by atoms with Crippen LogP contribution in [0.3, 0.4) is 0 Å². The number of methoxy groups -OCH3 is 1. The Labute approximate surface area is 244 Å². The Balaban J connectivity index is 1.26. The molecule has 1 aliphatic carbocycles. The Morgan fingerprint density at radius 3 is 2.34 bits per heavy atom. The molecule has 2 atom stereocenters. The maximum absolute atomic E-state index is 13.5. The van der Waals surface area contributed by atoms with Crippen molar-refractivity contribution in [1.82, 2.24) is 14.5 Å². The van der Waals surface area contributed by atoms with E-state index in [9.17, 15) is 17.6 Å². The second-order valence-corrected chi connectivity index (χ2v) is 13.6. The molecule has 1 heterocycles. The standard InChI is InChI=1S/C31H44FN3O5S/c1-20-17-28(39-6)21(2)22(3)31(20)41(37,38)35-16-15-27(18-35)40-19-29(36)33-26-13-9-24(10-14-26)30(34(4)5)23-7-11-25(32)12-8-23/h7-8,11-12,17,24,26-27,30H,9-10,13-16,18-19H2,1-6H3,(H,33,36). The Bertz CT molecular complexity index is 1320. The number of nitrogens with zero attached hydrogens (tertiary/aromatic N) is 2. The number of aryl methyl sites for hydroxylation is 1. The monoisotopic (exact) mass is 589 g/mol. The van der Waals surface area contributed by atoms with Crippen molar-refractivity contribution in [3.8, 4) is 5.75 Å². The van der Waals surface area contributed by atoms with Gasteiger partial charge in [-0.05, 0) is 113 Å². The van der Waals surface area contributed by atoms with Gasteiger partial charge in [0, 0.05) is 25.2 Å². The van der Waals surface area contributed by atoms with Crippen LogP contribution in [0.25, 0.3) is 0 Å². The van der Waals surface area contributed by atoms with Crippen molar-refractivity contribution in [1.29, 1.82) is 0 Å². The molecule has 2 aromatic rings. The van der Waals surface area contributed by atoms with Gasteiger partial charge in [-0.3, -0.25) is 4.79 Å². The summed E-state index contributed by atoms with van der Waals surface area (Å²) >= 11 is 0. The molecule has 10 heteroatoms. The molecule has 1 saturated carbocycles. The molecular weight excluding hydrogens is 545 g/mol. The number of halogens is 1. The second-order valence-electron chi connectivity index (χ2n) is 11.7. The van der Waals surface area contributed by atoms with Crippen LogP contribution in [0.15, 0.2) is 35.2 Å². The van der Waals surface area contributed by atoms with E-state index in [0.717, 1.165) is 36.8 Å². The molecule has 1 amide bonds. The summed E-state index contributed by atoms with van der Waals surface area (Å²) in [5.41, 5.74) is 3.26. The van der Waals surface area contributed by atoms with Crippen molar-refractivity contribution in [2.75, 3.05) is 40.9 Å². The summed E-state index contributed by atoms with van der Waals surface area (Å²) in [6, 6.07) is 8.80.